The van der Waals surface area contributed by atoms with E-state index in [9.17, 15) is 14.9 Å². The fraction of sp³-hybridized carbons (Fsp3) is 0.692. The summed E-state index contributed by atoms with van der Waals surface area (Å²) in [6.07, 6.45) is 3.82. The van der Waals surface area contributed by atoms with E-state index in [4.69, 9.17) is 4.74 Å². The van der Waals surface area contributed by atoms with E-state index in [0.29, 0.717) is 19.6 Å². The van der Waals surface area contributed by atoms with Crippen molar-refractivity contribution in [3.8, 4) is 0 Å². The Morgan fingerprint density at radius 2 is 2.29 bits per heavy atom. The first kappa shape index (κ1) is 17.1. The van der Waals surface area contributed by atoms with Crippen LogP contribution in [0.25, 0.3) is 0 Å². The van der Waals surface area contributed by atoms with Crippen LogP contribution in [-0.4, -0.2) is 39.9 Å². The average molecular weight is 298 g/mol. The van der Waals surface area contributed by atoms with Crippen LogP contribution < -0.4 is 5.32 Å². The summed E-state index contributed by atoms with van der Waals surface area (Å²) >= 11 is 0. The Labute approximate surface area is 123 Å². The van der Waals surface area contributed by atoms with Gasteiger partial charge in [0.15, 0.2) is 0 Å². The molecule has 1 aromatic rings. The number of rotatable bonds is 9. The van der Waals surface area contributed by atoms with Gasteiger partial charge in [-0.3, -0.25) is 19.6 Å². The molecule has 1 aromatic heterocycles. The fourth-order valence-corrected chi connectivity index (χ4v) is 1.81. The number of ether oxygens (including phenoxy) is 1. The zero-order valence-electron chi connectivity index (χ0n) is 12.6. The third kappa shape index (κ3) is 5.50. The highest BCUT2D eigenvalue weighted by Crippen LogP contribution is 2.15. The monoisotopic (exact) mass is 298 g/mol. The fourth-order valence-electron chi connectivity index (χ4n) is 1.81. The zero-order valence-corrected chi connectivity index (χ0v) is 12.6. The summed E-state index contributed by atoms with van der Waals surface area (Å²) < 4.78 is 6.71. The maximum absolute atomic E-state index is 12.1. The first-order valence-corrected chi connectivity index (χ1v) is 7.03. The molecule has 1 heterocycles. The lowest BCUT2D eigenvalue weighted by atomic mass is 10.2. The van der Waals surface area contributed by atoms with Crippen LogP contribution in [0, 0.1) is 10.1 Å². The summed E-state index contributed by atoms with van der Waals surface area (Å²) in [5.41, 5.74) is -0.119. The molecule has 0 aliphatic heterocycles. The SMILES string of the molecule is CCC(C(=O)NCCCOC(C)C)n1cc([N+](=O)[O-])cn1. The zero-order chi connectivity index (χ0) is 15.8. The molecule has 0 fully saturated rings. The van der Waals surface area contributed by atoms with Gasteiger partial charge < -0.3 is 10.1 Å². The van der Waals surface area contributed by atoms with Crippen molar-refractivity contribution in [2.45, 2.75) is 45.8 Å². The molecule has 1 atom stereocenters. The molecule has 0 saturated heterocycles. The molecule has 0 spiro atoms. The van der Waals surface area contributed by atoms with Gasteiger partial charge in [0.05, 0.1) is 11.0 Å². The van der Waals surface area contributed by atoms with Crippen LogP contribution in [0.15, 0.2) is 12.4 Å². The average Bonchev–Trinajstić information content (AvgIpc) is 2.88. The largest absolute Gasteiger partial charge is 0.379 e. The van der Waals surface area contributed by atoms with Gasteiger partial charge in [0.25, 0.3) is 0 Å². The lowest BCUT2D eigenvalue weighted by Gasteiger charge is -2.15. The number of nitrogens with zero attached hydrogens (tertiary/aromatic N) is 3. The summed E-state index contributed by atoms with van der Waals surface area (Å²) in [6, 6.07) is -0.537. The van der Waals surface area contributed by atoms with E-state index in [0.717, 1.165) is 12.6 Å². The number of carbonyl (C=O) groups excluding carboxylic acids is 1. The van der Waals surface area contributed by atoms with Crippen molar-refractivity contribution in [1.29, 1.82) is 0 Å². The molecule has 21 heavy (non-hydrogen) atoms. The molecule has 1 N–H and O–H groups in total. The van der Waals surface area contributed by atoms with Gasteiger partial charge in [-0.05, 0) is 26.7 Å². The van der Waals surface area contributed by atoms with Gasteiger partial charge in [-0.25, -0.2) is 0 Å². The number of hydrogen-bond donors (Lipinski definition) is 1. The smallest absolute Gasteiger partial charge is 0.307 e. The van der Waals surface area contributed by atoms with Crippen LogP contribution in [0.1, 0.15) is 39.7 Å². The Morgan fingerprint density at radius 3 is 2.81 bits per heavy atom. The molecule has 0 bridgehead atoms. The lowest BCUT2D eigenvalue weighted by molar-refractivity contribution is -0.385. The van der Waals surface area contributed by atoms with Gasteiger partial charge in [0.2, 0.25) is 5.91 Å². The summed E-state index contributed by atoms with van der Waals surface area (Å²) in [6.45, 7) is 6.83. The van der Waals surface area contributed by atoms with Crippen molar-refractivity contribution < 1.29 is 14.5 Å². The molecular weight excluding hydrogens is 276 g/mol. The number of nitrogens with one attached hydrogen (secondary N) is 1. The van der Waals surface area contributed by atoms with Crippen molar-refractivity contribution in [2.24, 2.45) is 0 Å². The van der Waals surface area contributed by atoms with Gasteiger partial charge in [-0.15, -0.1) is 0 Å². The highest BCUT2D eigenvalue weighted by Gasteiger charge is 2.21. The lowest BCUT2D eigenvalue weighted by Crippen LogP contribution is -2.33. The molecule has 0 aliphatic carbocycles. The Bertz CT molecular complexity index is 472. The highest BCUT2D eigenvalue weighted by atomic mass is 16.6. The van der Waals surface area contributed by atoms with Gasteiger partial charge in [-0.1, -0.05) is 6.92 Å². The number of hydrogen-bond acceptors (Lipinski definition) is 5. The number of carbonyl (C=O) groups is 1. The summed E-state index contributed by atoms with van der Waals surface area (Å²) in [5.74, 6) is -0.194. The molecule has 0 aliphatic rings. The molecule has 118 valence electrons. The minimum Gasteiger partial charge on any atom is -0.379 e. The van der Waals surface area contributed by atoms with E-state index in [-0.39, 0.29) is 17.7 Å². The minimum atomic E-state index is -0.537. The summed E-state index contributed by atoms with van der Waals surface area (Å²) in [5, 5.41) is 17.3. The normalized spacial score (nSPS) is 12.4. The number of aromatic nitrogens is 2. The van der Waals surface area contributed by atoms with Crippen molar-refractivity contribution in [3.63, 3.8) is 0 Å². The predicted molar refractivity (Wildman–Crippen MR) is 76.9 cm³/mol. The Morgan fingerprint density at radius 1 is 1.57 bits per heavy atom. The number of amides is 1. The van der Waals surface area contributed by atoms with E-state index in [1.54, 1.807) is 0 Å². The first-order valence-electron chi connectivity index (χ1n) is 7.03. The minimum absolute atomic E-state index is 0.119. The van der Waals surface area contributed by atoms with Crippen LogP contribution in [-0.2, 0) is 9.53 Å². The van der Waals surface area contributed by atoms with Gasteiger partial charge in [0, 0.05) is 13.2 Å². The molecule has 0 aromatic carbocycles. The second kappa shape index (κ2) is 8.35. The van der Waals surface area contributed by atoms with Crippen LogP contribution in [0.4, 0.5) is 5.69 Å². The second-order valence-electron chi connectivity index (χ2n) is 4.92. The molecule has 1 unspecified atom stereocenters. The molecule has 0 saturated carbocycles. The van der Waals surface area contributed by atoms with E-state index in [1.807, 2.05) is 20.8 Å². The predicted octanol–water partition coefficient (Wildman–Crippen LogP) is 1.67. The molecule has 1 amide bonds. The molecular formula is C13H22N4O4. The first-order chi connectivity index (χ1) is 9.95. The third-order valence-corrected chi connectivity index (χ3v) is 2.88. The van der Waals surface area contributed by atoms with Gasteiger partial charge >= 0.3 is 5.69 Å². The Hall–Kier alpha value is -1.96. The van der Waals surface area contributed by atoms with Crippen molar-refractivity contribution in [1.82, 2.24) is 15.1 Å². The maximum Gasteiger partial charge on any atom is 0.307 e. The van der Waals surface area contributed by atoms with Gasteiger partial charge in [0.1, 0.15) is 18.4 Å². The van der Waals surface area contributed by atoms with Gasteiger partial charge in [-0.2, -0.15) is 5.10 Å². The third-order valence-electron chi connectivity index (χ3n) is 2.88. The van der Waals surface area contributed by atoms with E-state index in [2.05, 4.69) is 10.4 Å². The molecule has 1 rings (SSSR count). The summed E-state index contributed by atoms with van der Waals surface area (Å²) in [7, 11) is 0. The van der Waals surface area contributed by atoms with Crippen molar-refractivity contribution >= 4 is 11.6 Å². The van der Waals surface area contributed by atoms with Crippen LogP contribution >= 0.6 is 0 Å². The molecule has 0 radical (unpaired) electrons. The van der Waals surface area contributed by atoms with Crippen LogP contribution in [0.5, 0.6) is 0 Å². The van der Waals surface area contributed by atoms with Crippen molar-refractivity contribution in [3.05, 3.63) is 22.5 Å². The van der Waals surface area contributed by atoms with Crippen molar-refractivity contribution in [2.75, 3.05) is 13.2 Å². The highest BCUT2D eigenvalue weighted by molar-refractivity contribution is 5.80. The molecule has 8 heteroatoms. The summed E-state index contributed by atoms with van der Waals surface area (Å²) in [4.78, 5) is 22.2. The van der Waals surface area contributed by atoms with Crippen LogP contribution in [0.3, 0.4) is 0 Å². The second-order valence-corrected chi connectivity index (χ2v) is 4.92. The van der Waals surface area contributed by atoms with E-state index >= 15 is 0 Å². The van der Waals surface area contributed by atoms with Crippen LogP contribution in [0.2, 0.25) is 0 Å². The Balaban J connectivity index is 2.47. The standard InChI is InChI=1S/C13H22N4O4/c1-4-12(16-9-11(8-15-16)17(19)20)13(18)14-6-5-7-21-10(2)3/h8-10,12H,4-7H2,1-3H3,(H,14,18). The quantitative estimate of drug-likeness (QED) is 0.425. The van der Waals surface area contributed by atoms with E-state index < -0.39 is 11.0 Å². The maximum atomic E-state index is 12.1. The Kier molecular flexibility index (Phi) is 6.80. The topological polar surface area (TPSA) is 99.3 Å². The van der Waals surface area contributed by atoms with E-state index in [1.165, 1.54) is 10.9 Å². The number of nitro groups is 1. The molecule has 8 nitrogen and oxygen atoms in total.